The Morgan fingerprint density at radius 1 is 1.12 bits per heavy atom. The Morgan fingerprint density at radius 2 is 1.84 bits per heavy atom. The summed E-state index contributed by atoms with van der Waals surface area (Å²) in [7, 11) is 3.92. The summed E-state index contributed by atoms with van der Waals surface area (Å²) in [6, 6.07) is 14.9. The third kappa shape index (κ3) is 4.03. The van der Waals surface area contributed by atoms with Crippen molar-refractivity contribution in [2.75, 3.05) is 24.3 Å². The molecule has 6 nitrogen and oxygen atoms in total. The molecule has 0 atom stereocenters. The number of nitrogens with one attached hydrogen (secondary N) is 2. The molecule has 3 rings (SSSR count). The molecular weight excluding hydrogens is 316 g/mol. The van der Waals surface area contributed by atoms with E-state index < -0.39 is 0 Å². The number of hydrogen-bond donors (Lipinski definition) is 2. The summed E-state index contributed by atoms with van der Waals surface area (Å²) in [6.07, 6.45) is 0.492. The zero-order valence-electron chi connectivity index (χ0n) is 14.2. The van der Waals surface area contributed by atoms with E-state index >= 15 is 0 Å². The Morgan fingerprint density at radius 3 is 2.56 bits per heavy atom. The number of H-pyrrole nitrogens is 1. The van der Waals surface area contributed by atoms with Gasteiger partial charge in [0.2, 0.25) is 5.91 Å². The second kappa shape index (κ2) is 7.17. The normalized spacial score (nSPS) is 10.6. The Labute approximate surface area is 145 Å². The van der Waals surface area contributed by atoms with Gasteiger partial charge in [-0.2, -0.15) is 0 Å². The van der Waals surface area contributed by atoms with E-state index in [-0.39, 0.29) is 17.9 Å². The molecule has 0 aliphatic carbocycles. The third-order valence-corrected chi connectivity index (χ3v) is 3.93. The van der Waals surface area contributed by atoms with Crippen LogP contribution in [-0.2, 0) is 11.2 Å². The lowest BCUT2D eigenvalue weighted by atomic mass is 10.2. The molecule has 128 valence electrons. The second-order valence-corrected chi connectivity index (χ2v) is 6.02. The standard InChI is InChI=1S/C19H20N4O2/c1-23(2)14-9-7-13(8-10-14)20-18(24)12-11-17-19(25)22-16-6-4-3-5-15(16)21-17/h3-10H,11-12H2,1-2H3,(H,20,24)(H,22,25). The lowest BCUT2D eigenvalue weighted by molar-refractivity contribution is -0.116. The highest BCUT2D eigenvalue weighted by molar-refractivity contribution is 5.91. The molecule has 0 radical (unpaired) electrons. The van der Waals surface area contributed by atoms with E-state index in [1.807, 2.05) is 61.5 Å². The van der Waals surface area contributed by atoms with Crippen molar-refractivity contribution in [3.63, 3.8) is 0 Å². The minimum Gasteiger partial charge on any atom is -0.378 e. The van der Waals surface area contributed by atoms with Crippen LogP contribution in [0.15, 0.2) is 53.3 Å². The maximum Gasteiger partial charge on any atom is 0.270 e. The van der Waals surface area contributed by atoms with Gasteiger partial charge in [0.05, 0.1) is 11.0 Å². The molecule has 3 aromatic rings. The number of fused-ring (bicyclic) bond motifs is 1. The van der Waals surface area contributed by atoms with Crippen molar-refractivity contribution in [3.8, 4) is 0 Å². The average molecular weight is 336 g/mol. The number of rotatable bonds is 5. The summed E-state index contributed by atoms with van der Waals surface area (Å²) in [5, 5.41) is 2.84. The minimum atomic E-state index is -0.248. The smallest absolute Gasteiger partial charge is 0.270 e. The monoisotopic (exact) mass is 336 g/mol. The Bertz CT molecular complexity index is 946. The summed E-state index contributed by atoms with van der Waals surface area (Å²) in [5.74, 6) is -0.146. The quantitative estimate of drug-likeness (QED) is 0.750. The van der Waals surface area contributed by atoms with Gasteiger partial charge in [-0.3, -0.25) is 9.59 Å². The van der Waals surface area contributed by atoms with Gasteiger partial charge in [-0.1, -0.05) is 12.1 Å². The molecule has 0 aliphatic rings. The van der Waals surface area contributed by atoms with Crippen LogP contribution in [0.4, 0.5) is 11.4 Å². The molecule has 0 aliphatic heterocycles. The maximum absolute atomic E-state index is 12.1. The lowest BCUT2D eigenvalue weighted by Gasteiger charge is -2.13. The summed E-state index contributed by atoms with van der Waals surface area (Å²) < 4.78 is 0. The second-order valence-electron chi connectivity index (χ2n) is 6.02. The molecule has 2 N–H and O–H groups in total. The van der Waals surface area contributed by atoms with Crippen molar-refractivity contribution in [3.05, 3.63) is 64.6 Å². The zero-order valence-corrected chi connectivity index (χ0v) is 14.2. The average Bonchev–Trinajstić information content (AvgIpc) is 2.60. The largest absolute Gasteiger partial charge is 0.378 e. The van der Waals surface area contributed by atoms with Crippen molar-refractivity contribution in [1.82, 2.24) is 9.97 Å². The van der Waals surface area contributed by atoms with Crippen molar-refractivity contribution in [2.24, 2.45) is 0 Å². The summed E-state index contributed by atoms with van der Waals surface area (Å²) in [5.41, 5.74) is 3.33. The van der Waals surface area contributed by atoms with Gasteiger partial charge in [0.25, 0.3) is 5.56 Å². The number of hydrogen-bond acceptors (Lipinski definition) is 4. The fraction of sp³-hybridized carbons (Fsp3) is 0.211. The van der Waals surface area contributed by atoms with E-state index in [9.17, 15) is 9.59 Å². The third-order valence-electron chi connectivity index (χ3n) is 3.93. The van der Waals surface area contributed by atoms with E-state index in [4.69, 9.17) is 0 Å². The molecule has 1 amide bonds. The number of aromatic nitrogens is 2. The highest BCUT2D eigenvalue weighted by Crippen LogP contribution is 2.16. The van der Waals surface area contributed by atoms with Crippen LogP contribution in [0.3, 0.4) is 0 Å². The van der Waals surface area contributed by atoms with E-state index in [1.54, 1.807) is 6.07 Å². The number of benzene rings is 2. The van der Waals surface area contributed by atoms with Gasteiger partial charge in [-0.15, -0.1) is 0 Å². The Balaban J connectivity index is 1.64. The molecule has 1 heterocycles. The van der Waals surface area contributed by atoms with Crippen molar-refractivity contribution in [1.29, 1.82) is 0 Å². The molecule has 2 aromatic carbocycles. The SMILES string of the molecule is CN(C)c1ccc(NC(=O)CCc2nc3ccccc3[nH]c2=O)cc1. The van der Waals surface area contributed by atoms with Crippen LogP contribution in [0, 0.1) is 0 Å². The molecule has 6 heteroatoms. The van der Waals surface area contributed by atoms with Crippen LogP contribution >= 0.6 is 0 Å². The molecule has 1 aromatic heterocycles. The zero-order chi connectivity index (χ0) is 17.8. The number of carbonyl (C=O) groups is 1. The topological polar surface area (TPSA) is 78.1 Å². The highest BCUT2D eigenvalue weighted by Gasteiger charge is 2.08. The molecule has 0 bridgehead atoms. The molecular formula is C19H20N4O2. The van der Waals surface area contributed by atoms with Crippen LogP contribution < -0.4 is 15.8 Å². The van der Waals surface area contributed by atoms with E-state index in [1.165, 1.54) is 0 Å². The molecule has 0 unspecified atom stereocenters. The molecule has 0 saturated carbocycles. The first-order valence-corrected chi connectivity index (χ1v) is 8.08. The number of nitrogens with zero attached hydrogens (tertiary/aromatic N) is 2. The first kappa shape index (κ1) is 16.7. The van der Waals surface area contributed by atoms with Crippen LogP contribution in [0.25, 0.3) is 11.0 Å². The molecule has 0 saturated heterocycles. The van der Waals surface area contributed by atoms with Gasteiger partial charge in [0, 0.05) is 38.3 Å². The Hall–Kier alpha value is -3.15. The van der Waals surface area contributed by atoms with Gasteiger partial charge in [-0.05, 0) is 36.4 Å². The maximum atomic E-state index is 12.1. The number of carbonyl (C=O) groups excluding carboxylic acids is 1. The number of aromatic amines is 1. The predicted octanol–water partition coefficient (Wildman–Crippen LogP) is 2.56. The van der Waals surface area contributed by atoms with Crippen molar-refractivity contribution < 1.29 is 4.79 Å². The van der Waals surface area contributed by atoms with Crippen molar-refractivity contribution >= 4 is 28.3 Å². The lowest BCUT2D eigenvalue weighted by Crippen LogP contribution is -2.19. The van der Waals surface area contributed by atoms with E-state index in [0.29, 0.717) is 17.6 Å². The van der Waals surface area contributed by atoms with Crippen LogP contribution in [0.5, 0.6) is 0 Å². The summed E-state index contributed by atoms with van der Waals surface area (Å²) in [4.78, 5) is 33.3. The first-order valence-electron chi connectivity index (χ1n) is 8.08. The minimum absolute atomic E-state index is 0.146. The van der Waals surface area contributed by atoms with Gasteiger partial charge < -0.3 is 15.2 Å². The van der Waals surface area contributed by atoms with Gasteiger partial charge in [0.15, 0.2) is 0 Å². The summed E-state index contributed by atoms with van der Waals surface area (Å²) >= 11 is 0. The van der Waals surface area contributed by atoms with Crippen LogP contribution in [-0.4, -0.2) is 30.0 Å². The van der Waals surface area contributed by atoms with Crippen LogP contribution in [0.2, 0.25) is 0 Å². The molecule has 0 spiro atoms. The van der Waals surface area contributed by atoms with Crippen molar-refractivity contribution in [2.45, 2.75) is 12.8 Å². The molecule has 25 heavy (non-hydrogen) atoms. The number of amides is 1. The fourth-order valence-electron chi connectivity index (χ4n) is 2.54. The van der Waals surface area contributed by atoms with E-state index in [2.05, 4.69) is 15.3 Å². The number of anilines is 2. The van der Waals surface area contributed by atoms with E-state index in [0.717, 1.165) is 16.9 Å². The van der Waals surface area contributed by atoms with Gasteiger partial charge in [0.1, 0.15) is 5.69 Å². The predicted molar refractivity (Wildman–Crippen MR) is 100 cm³/mol. The Kier molecular flexibility index (Phi) is 4.79. The first-order chi connectivity index (χ1) is 12.0. The van der Waals surface area contributed by atoms with Gasteiger partial charge in [-0.25, -0.2) is 4.98 Å². The fourth-order valence-corrected chi connectivity index (χ4v) is 2.54. The molecule has 0 fully saturated rings. The van der Waals surface area contributed by atoms with Gasteiger partial charge >= 0.3 is 0 Å². The number of para-hydroxylation sites is 2. The van der Waals surface area contributed by atoms with Crippen LogP contribution in [0.1, 0.15) is 12.1 Å². The summed E-state index contributed by atoms with van der Waals surface area (Å²) in [6.45, 7) is 0. The highest BCUT2D eigenvalue weighted by atomic mass is 16.1. The number of aryl methyl sites for hydroxylation is 1.